The minimum Gasteiger partial charge on any atom is -0.457 e. The number of para-hydroxylation sites is 1. The molecule has 2 amide bonds. The Kier molecular flexibility index (Phi) is 8.32. The number of carbonyl (C=O) groups is 2. The molecule has 1 aliphatic rings. The highest BCUT2D eigenvalue weighted by atomic mass is 16.5. The van der Waals surface area contributed by atoms with E-state index in [1.165, 1.54) is 0 Å². The topological polar surface area (TPSA) is 91.9 Å². The van der Waals surface area contributed by atoms with E-state index >= 15 is 0 Å². The van der Waals surface area contributed by atoms with E-state index in [1.807, 2.05) is 66.7 Å². The van der Waals surface area contributed by atoms with Gasteiger partial charge in [-0.15, -0.1) is 0 Å². The molecule has 0 aromatic heterocycles. The van der Waals surface area contributed by atoms with Crippen molar-refractivity contribution in [3.05, 3.63) is 78.9 Å². The van der Waals surface area contributed by atoms with Gasteiger partial charge in [-0.1, -0.05) is 18.2 Å². The molecule has 0 bridgehead atoms. The van der Waals surface area contributed by atoms with Crippen LogP contribution < -0.4 is 20.7 Å². The second kappa shape index (κ2) is 12.0. The Labute approximate surface area is 205 Å². The number of anilines is 3. The maximum atomic E-state index is 12.6. The normalized spacial score (nSPS) is 14.5. The van der Waals surface area contributed by atoms with Gasteiger partial charge >= 0.3 is 0 Å². The van der Waals surface area contributed by atoms with E-state index < -0.39 is 6.04 Å². The van der Waals surface area contributed by atoms with Crippen molar-refractivity contribution in [3.8, 4) is 11.5 Å². The summed E-state index contributed by atoms with van der Waals surface area (Å²) in [6.07, 6.45) is 0. The second-order valence-electron chi connectivity index (χ2n) is 8.31. The minimum atomic E-state index is -0.461. The standard InChI is InChI=1S/C27H30N4O4/c1-20(27(33)30-23-11-13-25(14-12-23)35-24-5-3-2-4-6-24)28-21-7-9-22(10-8-21)29-26(32)19-31-15-17-34-18-16-31/h2-14,20,28H,15-19H2,1H3,(H,29,32)(H,30,33). The zero-order valence-electron chi connectivity index (χ0n) is 19.7. The number of nitrogens with one attached hydrogen (secondary N) is 3. The van der Waals surface area contributed by atoms with Crippen LogP contribution in [0.5, 0.6) is 11.5 Å². The highest BCUT2D eigenvalue weighted by molar-refractivity contribution is 5.96. The summed E-state index contributed by atoms with van der Waals surface area (Å²) in [6, 6.07) is 23.6. The van der Waals surface area contributed by atoms with Gasteiger partial charge in [0.1, 0.15) is 17.5 Å². The molecule has 35 heavy (non-hydrogen) atoms. The lowest BCUT2D eigenvalue weighted by Gasteiger charge is -2.25. The molecule has 1 heterocycles. The molecule has 3 aromatic rings. The molecule has 0 saturated carbocycles. The van der Waals surface area contributed by atoms with E-state index in [0.29, 0.717) is 36.9 Å². The van der Waals surface area contributed by atoms with Gasteiger partial charge in [0.05, 0.1) is 19.8 Å². The number of amides is 2. The van der Waals surface area contributed by atoms with Crippen LogP contribution in [0.25, 0.3) is 0 Å². The van der Waals surface area contributed by atoms with Crippen LogP contribution in [0.1, 0.15) is 6.92 Å². The molecule has 1 aliphatic heterocycles. The fraction of sp³-hybridized carbons (Fsp3) is 0.259. The largest absolute Gasteiger partial charge is 0.457 e. The third-order valence-electron chi connectivity index (χ3n) is 5.52. The van der Waals surface area contributed by atoms with Gasteiger partial charge in [-0.2, -0.15) is 0 Å². The van der Waals surface area contributed by atoms with Crippen molar-refractivity contribution < 1.29 is 19.1 Å². The molecule has 1 saturated heterocycles. The van der Waals surface area contributed by atoms with Crippen molar-refractivity contribution in [2.24, 2.45) is 0 Å². The third kappa shape index (κ3) is 7.56. The molecule has 4 rings (SSSR count). The molecule has 3 N–H and O–H groups in total. The van der Waals surface area contributed by atoms with Crippen molar-refractivity contribution in [2.45, 2.75) is 13.0 Å². The maximum absolute atomic E-state index is 12.6. The van der Waals surface area contributed by atoms with Crippen LogP contribution in [0.4, 0.5) is 17.1 Å². The molecule has 8 nitrogen and oxygen atoms in total. The van der Waals surface area contributed by atoms with Crippen molar-refractivity contribution in [1.82, 2.24) is 4.90 Å². The summed E-state index contributed by atoms with van der Waals surface area (Å²) < 4.78 is 11.1. The summed E-state index contributed by atoms with van der Waals surface area (Å²) >= 11 is 0. The molecular weight excluding hydrogens is 444 g/mol. The van der Waals surface area contributed by atoms with Gasteiger partial charge in [0.25, 0.3) is 0 Å². The summed E-state index contributed by atoms with van der Waals surface area (Å²) in [4.78, 5) is 26.9. The van der Waals surface area contributed by atoms with Crippen LogP contribution in [0.3, 0.4) is 0 Å². The Morgan fingerprint density at radius 1 is 0.829 bits per heavy atom. The molecule has 182 valence electrons. The van der Waals surface area contributed by atoms with Gasteiger partial charge in [0.2, 0.25) is 11.8 Å². The molecular formula is C27H30N4O4. The smallest absolute Gasteiger partial charge is 0.246 e. The summed E-state index contributed by atoms with van der Waals surface area (Å²) in [6.45, 7) is 4.99. The zero-order valence-corrected chi connectivity index (χ0v) is 19.7. The summed E-state index contributed by atoms with van der Waals surface area (Å²) in [7, 11) is 0. The lowest BCUT2D eigenvalue weighted by atomic mass is 10.2. The predicted octanol–water partition coefficient (Wildman–Crippen LogP) is 4.19. The number of benzene rings is 3. The Bertz CT molecular complexity index is 1100. The van der Waals surface area contributed by atoms with E-state index in [2.05, 4.69) is 20.9 Å². The van der Waals surface area contributed by atoms with Crippen molar-refractivity contribution >= 4 is 28.9 Å². The quantitative estimate of drug-likeness (QED) is 0.431. The van der Waals surface area contributed by atoms with Crippen molar-refractivity contribution in [3.63, 3.8) is 0 Å². The van der Waals surface area contributed by atoms with Gasteiger partial charge in [-0.3, -0.25) is 14.5 Å². The van der Waals surface area contributed by atoms with Gasteiger partial charge in [0, 0.05) is 30.2 Å². The van der Waals surface area contributed by atoms with Gasteiger partial charge < -0.3 is 25.4 Å². The van der Waals surface area contributed by atoms with Gasteiger partial charge in [0.15, 0.2) is 0 Å². The Hall–Kier alpha value is -3.88. The fourth-order valence-corrected chi connectivity index (χ4v) is 3.61. The van der Waals surface area contributed by atoms with Crippen LogP contribution in [0, 0.1) is 0 Å². The maximum Gasteiger partial charge on any atom is 0.246 e. The Morgan fingerprint density at radius 2 is 1.40 bits per heavy atom. The zero-order chi connectivity index (χ0) is 24.5. The van der Waals surface area contributed by atoms with E-state index in [1.54, 1.807) is 19.1 Å². The summed E-state index contributed by atoms with van der Waals surface area (Å²) in [5, 5.41) is 8.99. The Morgan fingerprint density at radius 3 is 2.09 bits per heavy atom. The van der Waals surface area contributed by atoms with E-state index in [0.717, 1.165) is 24.5 Å². The number of morpholine rings is 1. The van der Waals surface area contributed by atoms with E-state index in [9.17, 15) is 9.59 Å². The first-order valence-electron chi connectivity index (χ1n) is 11.7. The fourth-order valence-electron chi connectivity index (χ4n) is 3.61. The third-order valence-corrected chi connectivity index (χ3v) is 5.52. The van der Waals surface area contributed by atoms with Crippen LogP contribution in [-0.2, 0) is 14.3 Å². The van der Waals surface area contributed by atoms with E-state index in [4.69, 9.17) is 9.47 Å². The average molecular weight is 475 g/mol. The highest BCUT2D eigenvalue weighted by Crippen LogP contribution is 2.23. The first-order valence-corrected chi connectivity index (χ1v) is 11.7. The number of hydrogen-bond donors (Lipinski definition) is 3. The molecule has 0 radical (unpaired) electrons. The molecule has 1 unspecified atom stereocenters. The monoisotopic (exact) mass is 474 g/mol. The second-order valence-corrected chi connectivity index (χ2v) is 8.31. The van der Waals surface area contributed by atoms with Gasteiger partial charge in [-0.05, 0) is 67.6 Å². The van der Waals surface area contributed by atoms with Crippen molar-refractivity contribution in [2.75, 3.05) is 48.8 Å². The summed E-state index contributed by atoms with van der Waals surface area (Å²) in [5.41, 5.74) is 2.18. The molecule has 8 heteroatoms. The van der Waals surface area contributed by atoms with E-state index in [-0.39, 0.29) is 11.8 Å². The minimum absolute atomic E-state index is 0.0551. The highest BCUT2D eigenvalue weighted by Gasteiger charge is 2.15. The summed E-state index contributed by atoms with van der Waals surface area (Å²) in [5.74, 6) is 1.23. The predicted molar refractivity (Wildman–Crippen MR) is 137 cm³/mol. The molecule has 0 aliphatic carbocycles. The number of carbonyl (C=O) groups excluding carboxylic acids is 2. The van der Waals surface area contributed by atoms with Crippen LogP contribution in [-0.4, -0.2) is 55.6 Å². The molecule has 1 fully saturated rings. The first kappa shape index (κ1) is 24.3. The van der Waals surface area contributed by atoms with Crippen LogP contribution in [0.2, 0.25) is 0 Å². The van der Waals surface area contributed by atoms with Crippen molar-refractivity contribution in [1.29, 1.82) is 0 Å². The van der Waals surface area contributed by atoms with Crippen LogP contribution >= 0.6 is 0 Å². The number of rotatable bonds is 9. The Balaban J connectivity index is 1.23. The SMILES string of the molecule is CC(Nc1ccc(NC(=O)CN2CCOCC2)cc1)C(=O)Nc1ccc(Oc2ccccc2)cc1. The number of ether oxygens (including phenoxy) is 2. The number of nitrogens with zero attached hydrogens (tertiary/aromatic N) is 1. The lowest BCUT2D eigenvalue weighted by Crippen LogP contribution is -2.41. The molecule has 3 aromatic carbocycles. The lowest BCUT2D eigenvalue weighted by molar-refractivity contribution is -0.118. The first-order chi connectivity index (χ1) is 17.0. The molecule has 0 spiro atoms. The average Bonchev–Trinajstić information content (AvgIpc) is 2.87. The molecule has 1 atom stereocenters. The van der Waals surface area contributed by atoms with Gasteiger partial charge in [-0.25, -0.2) is 0 Å². The van der Waals surface area contributed by atoms with Crippen LogP contribution in [0.15, 0.2) is 78.9 Å². The number of hydrogen-bond acceptors (Lipinski definition) is 6.